The Balaban J connectivity index is 2.65. The van der Waals surface area contributed by atoms with E-state index in [1.165, 1.54) is 16.8 Å². The van der Waals surface area contributed by atoms with Crippen LogP contribution in [0.15, 0.2) is 18.2 Å². The molecule has 0 amide bonds. The van der Waals surface area contributed by atoms with Gasteiger partial charge in [-0.1, -0.05) is 18.2 Å². The summed E-state index contributed by atoms with van der Waals surface area (Å²) < 4.78 is 0. The van der Waals surface area contributed by atoms with E-state index in [2.05, 4.69) is 63.3 Å². The number of nitrogens with zero attached hydrogens (tertiary/aromatic N) is 1. The Bertz CT molecular complexity index is 298. The molecule has 2 nitrogen and oxygen atoms in total. The SMILES string of the molecule is Cc1cccc(C)c1NC[C@@H](C)N(C)C. The van der Waals surface area contributed by atoms with E-state index in [0.717, 1.165) is 6.54 Å². The van der Waals surface area contributed by atoms with E-state index >= 15 is 0 Å². The molecule has 15 heavy (non-hydrogen) atoms. The van der Waals surface area contributed by atoms with E-state index in [1.54, 1.807) is 0 Å². The van der Waals surface area contributed by atoms with Crippen LogP contribution in [-0.4, -0.2) is 31.6 Å². The highest BCUT2D eigenvalue weighted by Crippen LogP contribution is 2.19. The molecule has 0 aromatic heterocycles. The first-order chi connectivity index (χ1) is 7.02. The molecule has 0 aliphatic carbocycles. The van der Waals surface area contributed by atoms with Crippen molar-refractivity contribution in [1.29, 1.82) is 0 Å². The van der Waals surface area contributed by atoms with E-state index in [9.17, 15) is 0 Å². The Kier molecular flexibility index (Phi) is 4.15. The van der Waals surface area contributed by atoms with Crippen LogP contribution in [0, 0.1) is 13.8 Å². The molecule has 0 aliphatic heterocycles. The van der Waals surface area contributed by atoms with Crippen molar-refractivity contribution >= 4 is 5.69 Å². The lowest BCUT2D eigenvalue weighted by atomic mass is 10.1. The minimum Gasteiger partial charge on any atom is -0.383 e. The van der Waals surface area contributed by atoms with Crippen LogP contribution in [0.2, 0.25) is 0 Å². The summed E-state index contributed by atoms with van der Waals surface area (Å²) in [5.74, 6) is 0. The fourth-order valence-corrected chi connectivity index (χ4v) is 1.53. The topological polar surface area (TPSA) is 15.3 Å². The predicted octanol–water partition coefficient (Wildman–Crippen LogP) is 2.67. The molecule has 1 aromatic carbocycles. The molecule has 0 saturated carbocycles. The Hall–Kier alpha value is -1.02. The fraction of sp³-hybridized carbons (Fsp3) is 0.538. The average molecular weight is 206 g/mol. The van der Waals surface area contributed by atoms with E-state index in [0.29, 0.717) is 6.04 Å². The first-order valence-electron chi connectivity index (χ1n) is 5.49. The maximum atomic E-state index is 3.52. The Morgan fingerprint density at radius 2 is 1.73 bits per heavy atom. The minimum atomic E-state index is 0.545. The van der Waals surface area contributed by atoms with Crippen molar-refractivity contribution < 1.29 is 0 Å². The number of benzene rings is 1. The summed E-state index contributed by atoms with van der Waals surface area (Å²) >= 11 is 0. The zero-order valence-corrected chi connectivity index (χ0v) is 10.5. The number of nitrogens with one attached hydrogen (secondary N) is 1. The highest BCUT2D eigenvalue weighted by molar-refractivity contribution is 5.56. The maximum Gasteiger partial charge on any atom is 0.0400 e. The standard InChI is InChI=1S/C13H22N2/c1-10-7-6-8-11(2)13(10)14-9-12(3)15(4)5/h6-8,12,14H,9H2,1-5H3/t12-/m1/s1. The van der Waals surface area contributed by atoms with Gasteiger partial charge < -0.3 is 10.2 Å². The molecule has 0 radical (unpaired) electrons. The van der Waals surface area contributed by atoms with Crippen LogP contribution in [0.3, 0.4) is 0 Å². The van der Waals surface area contributed by atoms with Gasteiger partial charge in [0.1, 0.15) is 0 Å². The molecule has 1 aromatic rings. The second-order valence-corrected chi connectivity index (χ2v) is 4.46. The number of hydrogen-bond acceptors (Lipinski definition) is 2. The summed E-state index contributed by atoms with van der Waals surface area (Å²) in [5, 5.41) is 3.52. The minimum absolute atomic E-state index is 0.545. The van der Waals surface area contributed by atoms with Gasteiger partial charge in [0.15, 0.2) is 0 Å². The number of rotatable bonds is 4. The van der Waals surface area contributed by atoms with E-state index in [-0.39, 0.29) is 0 Å². The lowest BCUT2D eigenvalue weighted by Crippen LogP contribution is -2.31. The van der Waals surface area contributed by atoms with Crippen molar-refractivity contribution in [2.75, 3.05) is 26.0 Å². The molecule has 84 valence electrons. The van der Waals surface area contributed by atoms with Crippen LogP contribution in [0.1, 0.15) is 18.1 Å². The highest BCUT2D eigenvalue weighted by Gasteiger charge is 2.06. The predicted molar refractivity (Wildman–Crippen MR) is 67.6 cm³/mol. The summed E-state index contributed by atoms with van der Waals surface area (Å²) in [6.07, 6.45) is 0. The van der Waals surface area contributed by atoms with Gasteiger partial charge in [-0.2, -0.15) is 0 Å². The molecule has 2 heteroatoms. The summed E-state index contributed by atoms with van der Waals surface area (Å²) in [6.45, 7) is 7.50. The quantitative estimate of drug-likeness (QED) is 0.814. The summed E-state index contributed by atoms with van der Waals surface area (Å²) in [7, 11) is 4.22. The largest absolute Gasteiger partial charge is 0.383 e. The van der Waals surface area contributed by atoms with Crippen LogP contribution in [0.5, 0.6) is 0 Å². The van der Waals surface area contributed by atoms with Crippen LogP contribution in [0.25, 0.3) is 0 Å². The van der Waals surface area contributed by atoms with Gasteiger partial charge in [-0.05, 0) is 46.0 Å². The summed E-state index contributed by atoms with van der Waals surface area (Å²) in [5.41, 5.74) is 3.92. The second kappa shape index (κ2) is 5.17. The first-order valence-corrected chi connectivity index (χ1v) is 5.49. The third-order valence-corrected chi connectivity index (χ3v) is 2.94. The average Bonchev–Trinajstić information content (AvgIpc) is 2.16. The molecule has 0 spiro atoms. The lowest BCUT2D eigenvalue weighted by Gasteiger charge is -2.22. The molecule has 0 unspecified atom stereocenters. The van der Waals surface area contributed by atoms with Crippen molar-refractivity contribution in [3.63, 3.8) is 0 Å². The Morgan fingerprint density at radius 3 is 2.20 bits per heavy atom. The van der Waals surface area contributed by atoms with Crippen molar-refractivity contribution in [3.8, 4) is 0 Å². The normalized spacial score (nSPS) is 12.9. The second-order valence-electron chi connectivity index (χ2n) is 4.46. The molecule has 1 rings (SSSR count). The van der Waals surface area contributed by atoms with Gasteiger partial charge in [0.25, 0.3) is 0 Å². The first kappa shape index (κ1) is 12.1. The third kappa shape index (κ3) is 3.24. The molecule has 0 bridgehead atoms. The van der Waals surface area contributed by atoms with Crippen molar-refractivity contribution in [3.05, 3.63) is 29.3 Å². The third-order valence-electron chi connectivity index (χ3n) is 2.94. The van der Waals surface area contributed by atoms with E-state index in [1.807, 2.05) is 0 Å². The van der Waals surface area contributed by atoms with E-state index < -0.39 is 0 Å². The van der Waals surface area contributed by atoms with Crippen LogP contribution < -0.4 is 5.32 Å². The summed E-state index contributed by atoms with van der Waals surface area (Å²) in [4.78, 5) is 2.22. The van der Waals surface area contributed by atoms with Gasteiger partial charge >= 0.3 is 0 Å². The van der Waals surface area contributed by atoms with Gasteiger partial charge in [0.2, 0.25) is 0 Å². The molecule has 1 atom stereocenters. The Morgan fingerprint density at radius 1 is 1.20 bits per heavy atom. The van der Waals surface area contributed by atoms with Crippen LogP contribution in [0.4, 0.5) is 5.69 Å². The monoisotopic (exact) mass is 206 g/mol. The molecular weight excluding hydrogens is 184 g/mol. The van der Waals surface area contributed by atoms with Crippen molar-refractivity contribution in [1.82, 2.24) is 4.90 Å². The van der Waals surface area contributed by atoms with Crippen LogP contribution >= 0.6 is 0 Å². The number of para-hydroxylation sites is 1. The van der Waals surface area contributed by atoms with Gasteiger partial charge in [-0.25, -0.2) is 0 Å². The lowest BCUT2D eigenvalue weighted by molar-refractivity contribution is 0.326. The number of aryl methyl sites for hydroxylation is 2. The van der Waals surface area contributed by atoms with Gasteiger partial charge in [0, 0.05) is 18.3 Å². The van der Waals surface area contributed by atoms with Crippen molar-refractivity contribution in [2.24, 2.45) is 0 Å². The summed E-state index contributed by atoms with van der Waals surface area (Å²) in [6, 6.07) is 6.94. The number of hydrogen-bond donors (Lipinski definition) is 1. The highest BCUT2D eigenvalue weighted by atomic mass is 15.1. The van der Waals surface area contributed by atoms with Crippen molar-refractivity contribution in [2.45, 2.75) is 26.8 Å². The van der Waals surface area contributed by atoms with Gasteiger partial charge in [-0.3, -0.25) is 0 Å². The molecule has 0 heterocycles. The fourth-order valence-electron chi connectivity index (χ4n) is 1.53. The number of likely N-dealkylation sites (N-methyl/N-ethyl adjacent to an activating group) is 1. The number of anilines is 1. The van der Waals surface area contributed by atoms with Gasteiger partial charge in [0.05, 0.1) is 0 Å². The van der Waals surface area contributed by atoms with Gasteiger partial charge in [-0.15, -0.1) is 0 Å². The smallest absolute Gasteiger partial charge is 0.0400 e. The van der Waals surface area contributed by atoms with E-state index in [4.69, 9.17) is 0 Å². The zero-order valence-electron chi connectivity index (χ0n) is 10.5. The molecule has 1 N–H and O–H groups in total. The molecular formula is C13H22N2. The van der Waals surface area contributed by atoms with Crippen LogP contribution in [-0.2, 0) is 0 Å². The zero-order chi connectivity index (χ0) is 11.4. The molecule has 0 saturated heterocycles. The Labute approximate surface area is 93.3 Å². The maximum absolute atomic E-state index is 3.52. The molecule has 0 fully saturated rings. The molecule has 0 aliphatic rings.